The van der Waals surface area contributed by atoms with Crippen LogP contribution in [0.15, 0.2) is 44.0 Å². The highest BCUT2D eigenvalue weighted by molar-refractivity contribution is 5.93. The zero-order chi connectivity index (χ0) is 19.9. The topological polar surface area (TPSA) is 89.4 Å². The predicted octanol–water partition coefficient (Wildman–Crippen LogP) is 3.21. The molecule has 3 aromatic rings. The van der Waals surface area contributed by atoms with Gasteiger partial charge in [0.1, 0.15) is 5.58 Å². The molecule has 146 valence electrons. The van der Waals surface area contributed by atoms with E-state index in [9.17, 15) is 22.8 Å². The van der Waals surface area contributed by atoms with Gasteiger partial charge in [0.05, 0.1) is 5.39 Å². The second-order valence-corrected chi connectivity index (χ2v) is 6.48. The summed E-state index contributed by atoms with van der Waals surface area (Å²) in [5.74, 6) is -2.34. The molecule has 1 aliphatic heterocycles. The van der Waals surface area contributed by atoms with E-state index in [1.807, 2.05) is 0 Å². The summed E-state index contributed by atoms with van der Waals surface area (Å²) in [6.45, 7) is 0.535. The number of hydrogen-bond donors (Lipinski definition) is 0. The molecule has 0 radical (unpaired) electrons. The van der Waals surface area contributed by atoms with Crippen LogP contribution in [-0.4, -0.2) is 34.1 Å². The number of benzene rings is 1. The number of halogens is 3. The minimum absolute atomic E-state index is 0.0701. The van der Waals surface area contributed by atoms with Crippen LogP contribution >= 0.6 is 0 Å². The molecule has 1 aromatic carbocycles. The summed E-state index contributed by atoms with van der Waals surface area (Å²) in [4.78, 5) is 26.3. The summed E-state index contributed by atoms with van der Waals surface area (Å²) >= 11 is 0. The summed E-state index contributed by atoms with van der Waals surface area (Å²) < 4.78 is 48.0. The average Bonchev–Trinajstić information content (AvgIpc) is 3.18. The Kier molecular flexibility index (Phi) is 4.40. The van der Waals surface area contributed by atoms with Crippen LogP contribution in [0.1, 0.15) is 41.1 Å². The largest absolute Gasteiger partial charge is 0.470 e. The number of piperidine rings is 1. The fraction of sp³-hybridized carbons (Fsp3) is 0.333. The van der Waals surface area contributed by atoms with Gasteiger partial charge in [-0.1, -0.05) is 12.1 Å². The number of carbonyl (C=O) groups excluding carboxylic acids is 1. The normalized spacial score (nSPS) is 15.9. The molecule has 7 nitrogen and oxygen atoms in total. The number of likely N-dealkylation sites (tertiary alicyclic amines) is 1. The summed E-state index contributed by atoms with van der Waals surface area (Å²) in [7, 11) is 0. The van der Waals surface area contributed by atoms with E-state index in [1.54, 1.807) is 24.3 Å². The molecule has 0 aliphatic carbocycles. The molecular formula is C18H14F3N3O4. The summed E-state index contributed by atoms with van der Waals surface area (Å²) in [5, 5.41) is 6.90. The highest BCUT2D eigenvalue weighted by Gasteiger charge is 2.39. The van der Waals surface area contributed by atoms with Gasteiger partial charge in [-0.15, -0.1) is 10.2 Å². The molecular weight excluding hydrogens is 379 g/mol. The van der Waals surface area contributed by atoms with Crippen LogP contribution in [0, 0.1) is 0 Å². The van der Waals surface area contributed by atoms with E-state index < -0.39 is 18.0 Å². The second-order valence-electron chi connectivity index (χ2n) is 6.48. The van der Waals surface area contributed by atoms with Crippen LogP contribution in [0.4, 0.5) is 13.2 Å². The molecule has 10 heteroatoms. The zero-order valence-corrected chi connectivity index (χ0v) is 14.4. The molecule has 28 heavy (non-hydrogen) atoms. The van der Waals surface area contributed by atoms with Crippen molar-refractivity contribution >= 4 is 16.9 Å². The van der Waals surface area contributed by atoms with Gasteiger partial charge in [-0.25, -0.2) is 0 Å². The quantitative estimate of drug-likeness (QED) is 0.664. The van der Waals surface area contributed by atoms with Crippen molar-refractivity contribution in [2.75, 3.05) is 13.1 Å². The van der Waals surface area contributed by atoms with E-state index in [0.29, 0.717) is 23.8 Å². The number of amides is 1. The molecule has 0 unspecified atom stereocenters. The van der Waals surface area contributed by atoms with Gasteiger partial charge in [-0.3, -0.25) is 9.59 Å². The van der Waals surface area contributed by atoms with Crippen molar-refractivity contribution in [3.63, 3.8) is 0 Å². The van der Waals surface area contributed by atoms with E-state index in [-0.39, 0.29) is 36.1 Å². The van der Waals surface area contributed by atoms with E-state index in [0.717, 1.165) is 6.07 Å². The van der Waals surface area contributed by atoms with Gasteiger partial charge in [0.2, 0.25) is 5.89 Å². The molecule has 0 spiro atoms. The molecule has 0 bridgehead atoms. The number of aromatic nitrogens is 2. The fourth-order valence-corrected chi connectivity index (χ4v) is 3.21. The third kappa shape index (κ3) is 3.37. The maximum atomic E-state index is 12.7. The molecule has 3 heterocycles. The molecule has 1 fully saturated rings. The van der Waals surface area contributed by atoms with Crippen LogP contribution in [0.25, 0.3) is 11.0 Å². The Morgan fingerprint density at radius 1 is 1.11 bits per heavy atom. The zero-order valence-electron chi connectivity index (χ0n) is 14.4. The number of para-hydroxylation sites is 1. The molecule has 2 aromatic heterocycles. The van der Waals surface area contributed by atoms with Gasteiger partial charge in [-0.05, 0) is 25.0 Å². The number of fused-ring (bicyclic) bond motifs is 1. The first-order valence-electron chi connectivity index (χ1n) is 8.55. The van der Waals surface area contributed by atoms with Crippen molar-refractivity contribution < 1.29 is 26.8 Å². The van der Waals surface area contributed by atoms with Crippen LogP contribution in [0.5, 0.6) is 0 Å². The second kappa shape index (κ2) is 6.77. The Hall–Kier alpha value is -3.17. The lowest BCUT2D eigenvalue weighted by Gasteiger charge is -2.30. The highest BCUT2D eigenvalue weighted by Crippen LogP contribution is 2.32. The Morgan fingerprint density at radius 2 is 1.82 bits per heavy atom. The minimum Gasteiger partial charge on any atom is -0.451 e. The lowest BCUT2D eigenvalue weighted by atomic mass is 9.96. The third-order valence-electron chi connectivity index (χ3n) is 4.66. The Balaban J connectivity index is 1.47. The summed E-state index contributed by atoms with van der Waals surface area (Å²) in [6, 6.07) is 7.77. The van der Waals surface area contributed by atoms with Gasteiger partial charge in [0, 0.05) is 25.1 Å². The first-order chi connectivity index (χ1) is 13.3. The van der Waals surface area contributed by atoms with Crippen molar-refractivity contribution in [2.45, 2.75) is 24.9 Å². The van der Waals surface area contributed by atoms with Gasteiger partial charge in [0.25, 0.3) is 5.91 Å². The van der Waals surface area contributed by atoms with Gasteiger partial charge < -0.3 is 13.7 Å². The minimum atomic E-state index is -4.68. The number of hydrogen-bond acceptors (Lipinski definition) is 6. The van der Waals surface area contributed by atoms with Gasteiger partial charge in [-0.2, -0.15) is 13.2 Å². The van der Waals surface area contributed by atoms with Crippen molar-refractivity contribution in [1.29, 1.82) is 0 Å². The van der Waals surface area contributed by atoms with Gasteiger partial charge in [0.15, 0.2) is 11.2 Å². The standard InChI is InChI=1S/C18H14F3N3O4/c19-18(20,21)17-23-22-15(28-17)10-5-7-24(8-6-10)16(26)14-9-12(25)11-3-1-2-4-13(11)27-14/h1-4,9-10H,5-8H2. The van der Waals surface area contributed by atoms with Gasteiger partial charge >= 0.3 is 12.1 Å². The Labute approximate surface area is 155 Å². The van der Waals surface area contributed by atoms with Crippen LogP contribution in [0.3, 0.4) is 0 Å². The van der Waals surface area contributed by atoms with Crippen molar-refractivity contribution in [3.05, 3.63) is 58.1 Å². The number of carbonyl (C=O) groups is 1. The van der Waals surface area contributed by atoms with E-state index in [2.05, 4.69) is 10.2 Å². The van der Waals surface area contributed by atoms with Crippen LogP contribution < -0.4 is 5.43 Å². The molecule has 0 saturated carbocycles. The van der Waals surface area contributed by atoms with E-state index >= 15 is 0 Å². The van der Waals surface area contributed by atoms with E-state index in [1.165, 1.54) is 4.90 Å². The monoisotopic (exact) mass is 393 g/mol. The fourth-order valence-electron chi connectivity index (χ4n) is 3.21. The van der Waals surface area contributed by atoms with E-state index in [4.69, 9.17) is 8.83 Å². The first-order valence-corrected chi connectivity index (χ1v) is 8.55. The molecule has 0 atom stereocenters. The van der Waals surface area contributed by atoms with Crippen LogP contribution in [0.2, 0.25) is 0 Å². The molecule has 1 amide bonds. The predicted molar refractivity (Wildman–Crippen MR) is 89.7 cm³/mol. The molecule has 1 aliphatic rings. The Morgan fingerprint density at radius 3 is 2.50 bits per heavy atom. The number of nitrogens with zero attached hydrogens (tertiary/aromatic N) is 3. The highest BCUT2D eigenvalue weighted by atomic mass is 19.4. The lowest BCUT2D eigenvalue weighted by Crippen LogP contribution is -2.38. The molecule has 0 N–H and O–H groups in total. The third-order valence-corrected chi connectivity index (χ3v) is 4.66. The lowest BCUT2D eigenvalue weighted by molar-refractivity contribution is -0.157. The SMILES string of the molecule is O=C(c1cc(=O)c2ccccc2o1)N1CCC(c2nnc(C(F)(F)F)o2)CC1. The molecule has 1 saturated heterocycles. The van der Waals surface area contributed by atoms with Crippen molar-refractivity contribution in [2.24, 2.45) is 0 Å². The van der Waals surface area contributed by atoms with Crippen LogP contribution in [-0.2, 0) is 6.18 Å². The maximum absolute atomic E-state index is 12.7. The smallest absolute Gasteiger partial charge is 0.451 e. The maximum Gasteiger partial charge on any atom is 0.470 e. The summed E-state index contributed by atoms with van der Waals surface area (Å²) in [6.07, 6.45) is -3.96. The van der Waals surface area contributed by atoms with Crippen molar-refractivity contribution in [1.82, 2.24) is 15.1 Å². The average molecular weight is 393 g/mol. The number of rotatable bonds is 2. The molecule has 4 rings (SSSR count). The Bertz CT molecular complexity index is 1080. The first kappa shape index (κ1) is 18.2. The number of alkyl halides is 3. The summed E-state index contributed by atoms with van der Waals surface area (Å²) in [5.41, 5.74) is 0.00408. The van der Waals surface area contributed by atoms with Crippen molar-refractivity contribution in [3.8, 4) is 0 Å².